The lowest BCUT2D eigenvalue weighted by molar-refractivity contribution is -0.0104. The van der Waals surface area contributed by atoms with Crippen LogP contribution in [0.15, 0.2) is 84.9 Å². The number of carbonyl (C=O) groups excluding carboxylic acids is 1. The maximum Gasteiger partial charge on any atom is 0.319 e. The fourth-order valence-electron chi connectivity index (χ4n) is 4.57. The quantitative estimate of drug-likeness (QED) is 0.181. The Hall–Kier alpha value is -3.95. The van der Waals surface area contributed by atoms with Crippen LogP contribution in [-0.2, 0) is 0 Å². The molecule has 0 radical (unpaired) electrons. The fourth-order valence-corrected chi connectivity index (χ4v) is 4.97. The predicted molar refractivity (Wildman–Crippen MR) is 157 cm³/mol. The van der Waals surface area contributed by atoms with E-state index >= 15 is 0 Å². The summed E-state index contributed by atoms with van der Waals surface area (Å²) in [5, 5.41) is 14.5. The number of amides is 2. The van der Waals surface area contributed by atoms with E-state index in [0.29, 0.717) is 21.4 Å². The Morgan fingerprint density at radius 2 is 1.69 bits per heavy atom. The summed E-state index contributed by atoms with van der Waals surface area (Å²) in [5.74, 6) is 0.249. The molecule has 0 aliphatic carbocycles. The molecule has 1 aliphatic heterocycles. The summed E-state index contributed by atoms with van der Waals surface area (Å²) < 4.78 is 33.3. The lowest BCUT2D eigenvalue weighted by Gasteiger charge is -2.39. The number of anilines is 3. The van der Waals surface area contributed by atoms with Gasteiger partial charge in [-0.1, -0.05) is 54.1 Å². The minimum atomic E-state index is -1.69. The number of benzene rings is 4. The molecule has 39 heavy (non-hydrogen) atoms. The van der Waals surface area contributed by atoms with E-state index in [2.05, 4.69) is 21.3 Å². The third kappa shape index (κ3) is 6.05. The van der Waals surface area contributed by atoms with Crippen LogP contribution in [0.4, 0.5) is 30.6 Å². The Balaban J connectivity index is 1.31. The van der Waals surface area contributed by atoms with E-state index in [1.165, 1.54) is 6.07 Å². The van der Waals surface area contributed by atoms with Crippen molar-refractivity contribution in [1.82, 2.24) is 5.32 Å². The average molecular weight is 567 g/mol. The molecular formula is C29H25ClF2N4O2S. The number of rotatable bonds is 6. The number of alkyl halides is 2. The minimum Gasteiger partial charge on any atom is -0.481 e. The summed E-state index contributed by atoms with van der Waals surface area (Å²) in [6, 6.07) is 24.4. The molecule has 200 valence electrons. The normalized spacial score (nSPS) is 15.5. The van der Waals surface area contributed by atoms with Crippen LogP contribution in [-0.4, -0.2) is 30.1 Å². The molecule has 6 nitrogen and oxygen atoms in total. The number of para-hydroxylation sites is 1. The first-order valence-corrected chi connectivity index (χ1v) is 13.0. The van der Waals surface area contributed by atoms with E-state index in [4.69, 9.17) is 28.6 Å². The van der Waals surface area contributed by atoms with E-state index in [1.54, 1.807) is 18.2 Å². The summed E-state index contributed by atoms with van der Waals surface area (Å²) in [4.78, 5) is 13.1. The molecule has 1 atom stereocenters. The summed E-state index contributed by atoms with van der Waals surface area (Å²) in [6.45, 7) is -2.08. The lowest BCUT2D eigenvalue weighted by Crippen LogP contribution is -2.49. The van der Waals surface area contributed by atoms with Gasteiger partial charge in [0, 0.05) is 33.8 Å². The summed E-state index contributed by atoms with van der Waals surface area (Å²) in [6.07, 6.45) is -0.0659. The Labute approximate surface area is 234 Å². The molecule has 4 aromatic carbocycles. The number of ether oxygens (including phenoxy) is 1. The molecule has 0 aromatic heterocycles. The fraction of sp³-hybridized carbons (Fsp3) is 0.172. The first kappa shape index (κ1) is 26.6. The van der Waals surface area contributed by atoms with Crippen molar-refractivity contribution in [2.45, 2.75) is 18.1 Å². The number of fused-ring (bicyclic) bond motifs is 2. The molecular weight excluding hydrogens is 542 g/mol. The lowest BCUT2D eigenvalue weighted by atomic mass is 9.88. The maximum atomic E-state index is 13.8. The molecule has 10 heteroatoms. The number of halogens is 3. The highest BCUT2D eigenvalue weighted by atomic mass is 35.5. The molecule has 0 bridgehead atoms. The van der Waals surface area contributed by atoms with Crippen molar-refractivity contribution in [2.75, 3.05) is 29.3 Å². The van der Waals surface area contributed by atoms with E-state index in [0.717, 1.165) is 22.1 Å². The monoisotopic (exact) mass is 566 g/mol. The third-order valence-electron chi connectivity index (χ3n) is 6.46. The van der Waals surface area contributed by atoms with Gasteiger partial charge in [0.25, 0.3) is 0 Å². The molecule has 1 unspecified atom stereocenters. The van der Waals surface area contributed by atoms with Crippen LogP contribution in [0.25, 0.3) is 10.8 Å². The first-order chi connectivity index (χ1) is 18.9. The number of urea groups is 1. The van der Waals surface area contributed by atoms with Gasteiger partial charge in [-0.25, -0.2) is 13.6 Å². The van der Waals surface area contributed by atoms with E-state index in [9.17, 15) is 13.6 Å². The highest BCUT2D eigenvalue weighted by Gasteiger charge is 2.42. The Bertz CT molecular complexity index is 1520. The molecule has 0 saturated carbocycles. The highest BCUT2D eigenvalue weighted by molar-refractivity contribution is 7.80. The Morgan fingerprint density at radius 3 is 2.46 bits per heavy atom. The second-order valence-electron chi connectivity index (χ2n) is 9.28. The number of hydrogen-bond acceptors (Lipinski definition) is 3. The van der Waals surface area contributed by atoms with Crippen LogP contribution in [0.5, 0.6) is 5.75 Å². The zero-order valence-electron chi connectivity index (χ0n) is 20.6. The second-order valence-corrected chi connectivity index (χ2v) is 10.1. The number of hydrogen-bond donors (Lipinski definition) is 4. The zero-order valence-corrected chi connectivity index (χ0v) is 22.2. The molecule has 0 fully saturated rings. The van der Waals surface area contributed by atoms with Crippen LogP contribution in [0.3, 0.4) is 0 Å². The Kier molecular flexibility index (Phi) is 7.81. The first-order valence-electron chi connectivity index (χ1n) is 12.2. The zero-order chi connectivity index (χ0) is 27.4. The van der Waals surface area contributed by atoms with Crippen molar-refractivity contribution < 1.29 is 18.3 Å². The van der Waals surface area contributed by atoms with Gasteiger partial charge in [-0.3, -0.25) is 0 Å². The topological polar surface area (TPSA) is 74.4 Å². The van der Waals surface area contributed by atoms with Crippen LogP contribution in [0, 0.1) is 0 Å². The molecule has 0 saturated heterocycles. The number of nitrogens with one attached hydrogen (secondary N) is 4. The molecule has 1 heterocycles. The van der Waals surface area contributed by atoms with E-state index in [-0.39, 0.29) is 12.2 Å². The van der Waals surface area contributed by atoms with Gasteiger partial charge < -0.3 is 26.0 Å². The average Bonchev–Trinajstić information content (AvgIpc) is 2.93. The molecule has 0 spiro atoms. The van der Waals surface area contributed by atoms with E-state index < -0.39 is 31.0 Å². The Morgan fingerprint density at radius 1 is 0.923 bits per heavy atom. The van der Waals surface area contributed by atoms with Crippen LogP contribution < -0.4 is 26.0 Å². The number of thiocarbonyl (C=S) groups is 1. The van der Waals surface area contributed by atoms with Crippen molar-refractivity contribution in [2.24, 2.45) is 0 Å². The van der Waals surface area contributed by atoms with Gasteiger partial charge in [-0.15, -0.1) is 0 Å². The van der Waals surface area contributed by atoms with E-state index in [1.807, 2.05) is 60.7 Å². The third-order valence-corrected chi connectivity index (χ3v) is 6.90. The molecule has 5 rings (SSSR count). The van der Waals surface area contributed by atoms with Crippen LogP contribution in [0.2, 0.25) is 5.02 Å². The highest BCUT2D eigenvalue weighted by Crippen LogP contribution is 2.41. The molecule has 2 amide bonds. The van der Waals surface area contributed by atoms with Crippen molar-refractivity contribution >= 4 is 62.8 Å². The minimum absolute atomic E-state index is 0.0659. The standard InChI is InChI=1S/C29H25ClF2N4O2S/c30-19-9-11-23-25(15-29(16-31,17-32)38-26(23)14-19)36-27(37)35-24-8-4-5-18-13-21(10-12-22(18)24)34-28(39)33-20-6-2-1-3-7-20/h1-14,25H,15-17H2,(H2,33,34,39)(H2,35,36,37). The maximum absolute atomic E-state index is 13.8. The second kappa shape index (κ2) is 11.4. The van der Waals surface area contributed by atoms with Crippen molar-refractivity contribution in [3.8, 4) is 5.75 Å². The number of carbonyl (C=O) groups is 1. The van der Waals surface area contributed by atoms with Crippen LogP contribution >= 0.6 is 23.8 Å². The SMILES string of the molecule is O=C(Nc1cccc2cc(NC(=S)Nc3ccccc3)ccc12)NC1CC(CF)(CF)Oc2cc(Cl)ccc21. The van der Waals surface area contributed by atoms with Crippen molar-refractivity contribution in [3.63, 3.8) is 0 Å². The molecule has 4 aromatic rings. The molecule has 4 N–H and O–H groups in total. The van der Waals surface area contributed by atoms with Crippen molar-refractivity contribution in [3.05, 3.63) is 95.5 Å². The van der Waals surface area contributed by atoms with Crippen molar-refractivity contribution in [1.29, 1.82) is 0 Å². The van der Waals surface area contributed by atoms with Gasteiger partial charge >= 0.3 is 6.03 Å². The largest absolute Gasteiger partial charge is 0.481 e. The summed E-state index contributed by atoms with van der Waals surface area (Å²) >= 11 is 11.5. The van der Waals surface area contributed by atoms with Gasteiger partial charge in [-0.2, -0.15) is 0 Å². The summed E-state index contributed by atoms with van der Waals surface area (Å²) in [5.41, 5.74) is 1.14. The van der Waals surface area contributed by atoms with Gasteiger partial charge in [0.2, 0.25) is 0 Å². The van der Waals surface area contributed by atoms with Gasteiger partial charge in [0.05, 0.1) is 11.7 Å². The van der Waals surface area contributed by atoms with Gasteiger partial charge in [0.1, 0.15) is 19.1 Å². The predicted octanol–water partition coefficient (Wildman–Crippen LogP) is 7.63. The summed E-state index contributed by atoms with van der Waals surface area (Å²) in [7, 11) is 0. The van der Waals surface area contributed by atoms with Gasteiger partial charge in [-0.05, 0) is 60.1 Å². The molecule has 1 aliphatic rings. The van der Waals surface area contributed by atoms with Crippen LogP contribution in [0.1, 0.15) is 18.0 Å². The smallest absolute Gasteiger partial charge is 0.319 e. The van der Waals surface area contributed by atoms with Gasteiger partial charge in [0.15, 0.2) is 10.7 Å².